The van der Waals surface area contributed by atoms with Gasteiger partial charge in [0.1, 0.15) is 0 Å². The normalized spacial score (nSPS) is 10.8. The molecule has 1 heterocycles. The van der Waals surface area contributed by atoms with Gasteiger partial charge in [0.2, 0.25) is 5.95 Å². The molecule has 16 heavy (non-hydrogen) atoms. The van der Waals surface area contributed by atoms with Gasteiger partial charge in [0.15, 0.2) is 0 Å². The molecule has 0 saturated carbocycles. The molecule has 0 spiro atoms. The third kappa shape index (κ3) is 3.81. The van der Waals surface area contributed by atoms with Crippen molar-refractivity contribution in [2.75, 3.05) is 18.0 Å². The number of nitrogens with two attached hydrogens (primary N) is 1. The van der Waals surface area contributed by atoms with Crippen molar-refractivity contribution in [3.63, 3.8) is 0 Å². The zero-order chi connectivity index (χ0) is 12.1. The van der Waals surface area contributed by atoms with Gasteiger partial charge in [0.25, 0.3) is 0 Å². The van der Waals surface area contributed by atoms with Crippen LogP contribution in [-0.4, -0.2) is 27.6 Å². The van der Waals surface area contributed by atoms with E-state index in [1.165, 1.54) is 0 Å². The molecule has 0 aliphatic rings. The van der Waals surface area contributed by atoms with Crippen LogP contribution in [0.15, 0.2) is 12.4 Å². The highest BCUT2D eigenvalue weighted by Crippen LogP contribution is 2.12. The molecule has 0 radical (unpaired) electrons. The maximum Gasteiger partial charge on any atom is 0.205 e. The Morgan fingerprint density at radius 2 is 2.31 bits per heavy atom. The average molecular weight is 240 g/mol. The zero-order valence-corrected chi connectivity index (χ0v) is 11.0. The fourth-order valence-electron chi connectivity index (χ4n) is 1.62. The minimum Gasteiger partial charge on any atom is -0.393 e. The Hall–Kier alpha value is -1.10. The molecule has 1 aromatic rings. The number of thiocarbonyl (C=S) groups is 1. The third-order valence-corrected chi connectivity index (χ3v) is 2.50. The van der Waals surface area contributed by atoms with Gasteiger partial charge in [-0.3, -0.25) is 0 Å². The lowest BCUT2D eigenvalue weighted by Gasteiger charge is -2.25. The van der Waals surface area contributed by atoms with Crippen molar-refractivity contribution in [1.29, 1.82) is 0 Å². The molecule has 0 amide bonds. The molecule has 0 atom stereocenters. The fourth-order valence-corrected chi connectivity index (χ4v) is 1.71. The summed E-state index contributed by atoms with van der Waals surface area (Å²) in [6.45, 7) is 6.18. The molecule has 0 saturated heterocycles. The summed E-state index contributed by atoms with van der Waals surface area (Å²) in [4.78, 5) is 7.14. The molecule has 4 nitrogen and oxygen atoms in total. The molecule has 1 aromatic heterocycles. The van der Waals surface area contributed by atoms with Crippen molar-refractivity contribution in [1.82, 2.24) is 9.55 Å². The summed E-state index contributed by atoms with van der Waals surface area (Å²) in [5.74, 6) is 1.56. The average Bonchev–Trinajstić information content (AvgIpc) is 2.58. The largest absolute Gasteiger partial charge is 0.393 e. The second-order valence-corrected chi connectivity index (χ2v) is 4.92. The minimum absolute atomic E-state index is 0.558. The van der Waals surface area contributed by atoms with Gasteiger partial charge in [-0.15, -0.1) is 0 Å². The second kappa shape index (κ2) is 5.84. The predicted octanol–water partition coefficient (Wildman–Crippen LogP) is 1.56. The molecule has 1 rings (SSSR count). The number of hydrogen-bond acceptors (Lipinski definition) is 3. The number of nitrogens with zero attached hydrogens (tertiary/aromatic N) is 3. The topological polar surface area (TPSA) is 47.1 Å². The summed E-state index contributed by atoms with van der Waals surface area (Å²) < 4.78 is 2.02. The van der Waals surface area contributed by atoms with Crippen molar-refractivity contribution in [3.8, 4) is 0 Å². The lowest BCUT2D eigenvalue weighted by molar-refractivity contribution is 0.597. The lowest BCUT2D eigenvalue weighted by Crippen LogP contribution is -2.32. The highest BCUT2D eigenvalue weighted by Gasteiger charge is 2.12. The molecule has 0 fully saturated rings. The standard InChI is InChI=1S/C11H20N4S/c1-9(2)8-15(6-4-10(12)16)11-13-5-7-14(11)3/h5,7,9H,4,6,8H2,1-3H3,(H2,12,16). The van der Waals surface area contributed by atoms with Gasteiger partial charge in [-0.25, -0.2) is 4.98 Å². The van der Waals surface area contributed by atoms with Gasteiger partial charge >= 0.3 is 0 Å². The van der Waals surface area contributed by atoms with Gasteiger partial charge in [-0.05, 0) is 5.92 Å². The molecular weight excluding hydrogens is 220 g/mol. The molecule has 5 heteroatoms. The quantitative estimate of drug-likeness (QED) is 0.767. The molecule has 90 valence electrons. The van der Waals surface area contributed by atoms with E-state index in [4.69, 9.17) is 18.0 Å². The first-order chi connectivity index (χ1) is 7.50. The lowest BCUT2D eigenvalue weighted by atomic mass is 10.2. The van der Waals surface area contributed by atoms with Gasteiger partial charge in [-0.2, -0.15) is 0 Å². The minimum atomic E-state index is 0.558. The Bertz CT molecular complexity index is 346. The Balaban J connectivity index is 2.71. The van der Waals surface area contributed by atoms with Crippen LogP contribution < -0.4 is 10.6 Å². The summed E-state index contributed by atoms with van der Waals surface area (Å²) in [6, 6.07) is 0. The number of anilines is 1. The van der Waals surface area contributed by atoms with Crippen LogP contribution in [0.4, 0.5) is 5.95 Å². The highest BCUT2D eigenvalue weighted by molar-refractivity contribution is 7.80. The fraction of sp³-hybridized carbons (Fsp3) is 0.636. The molecular formula is C11H20N4S. The third-order valence-electron chi connectivity index (χ3n) is 2.29. The Kier molecular flexibility index (Phi) is 4.73. The van der Waals surface area contributed by atoms with Gasteiger partial charge < -0.3 is 15.2 Å². The smallest absolute Gasteiger partial charge is 0.205 e. The number of imidazole rings is 1. The first-order valence-corrected chi connectivity index (χ1v) is 5.92. The Morgan fingerprint density at radius 3 is 2.75 bits per heavy atom. The number of aromatic nitrogens is 2. The van der Waals surface area contributed by atoms with E-state index in [2.05, 4.69) is 23.7 Å². The summed E-state index contributed by atoms with van der Waals surface area (Å²) in [6.07, 6.45) is 4.49. The SMILES string of the molecule is CC(C)CN(CCC(N)=S)c1nccn1C. The zero-order valence-electron chi connectivity index (χ0n) is 10.2. The number of hydrogen-bond donors (Lipinski definition) is 1. The van der Waals surface area contributed by atoms with Crippen molar-refractivity contribution < 1.29 is 0 Å². The van der Waals surface area contributed by atoms with Crippen LogP contribution in [0.5, 0.6) is 0 Å². The van der Waals surface area contributed by atoms with Crippen LogP contribution in [0.25, 0.3) is 0 Å². The second-order valence-electron chi connectivity index (χ2n) is 4.39. The van der Waals surface area contributed by atoms with Crippen LogP contribution in [0, 0.1) is 5.92 Å². The van der Waals surface area contributed by atoms with E-state index in [9.17, 15) is 0 Å². The monoisotopic (exact) mass is 240 g/mol. The predicted molar refractivity (Wildman–Crippen MR) is 71.7 cm³/mol. The molecule has 0 aromatic carbocycles. The summed E-state index contributed by atoms with van der Waals surface area (Å²) in [5.41, 5.74) is 5.54. The van der Waals surface area contributed by atoms with Crippen LogP contribution in [-0.2, 0) is 7.05 Å². The van der Waals surface area contributed by atoms with Crippen LogP contribution in [0.3, 0.4) is 0 Å². The van der Waals surface area contributed by atoms with Crippen LogP contribution in [0.1, 0.15) is 20.3 Å². The first kappa shape index (κ1) is 13.0. The van der Waals surface area contributed by atoms with Crippen molar-refractivity contribution >= 4 is 23.2 Å². The molecule has 0 aliphatic heterocycles. The molecule has 0 aliphatic carbocycles. The van der Waals surface area contributed by atoms with E-state index in [1.54, 1.807) is 0 Å². The Morgan fingerprint density at radius 1 is 1.62 bits per heavy atom. The van der Waals surface area contributed by atoms with Crippen molar-refractivity contribution in [2.45, 2.75) is 20.3 Å². The summed E-state index contributed by atoms with van der Waals surface area (Å²) in [7, 11) is 2.00. The van der Waals surface area contributed by atoms with E-state index < -0.39 is 0 Å². The van der Waals surface area contributed by atoms with Gasteiger partial charge in [-0.1, -0.05) is 26.1 Å². The molecule has 0 bridgehead atoms. The van der Waals surface area contributed by atoms with Crippen LogP contribution in [0.2, 0.25) is 0 Å². The van der Waals surface area contributed by atoms with E-state index in [0.717, 1.165) is 25.5 Å². The number of rotatable bonds is 6. The Labute approximate surface area is 102 Å². The molecule has 0 unspecified atom stereocenters. The van der Waals surface area contributed by atoms with E-state index in [0.29, 0.717) is 10.9 Å². The maximum absolute atomic E-state index is 5.54. The molecule has 2 N–H and O–H groups in total. The van der Waals surface area contributed by atoms with E-state index >= 15 is 0 Å². The maximum atomic E-state index is 5.54. The highest BCUT2D eigenvalue weighted by atomic mass is 32.1. The van der Waals surface area contributed by atoms with Crippen molar-refractivity contribution in [3.05, 3.63) is 12.4 Å². The van der Waals surface area contributed by atoms with Gasteiger partial charge in [0, 0.05) is 39.0 Å². The van der Waals surface area contributed by atoms with E-state index in [1.807, 2.05) is 24.0 Å². The van der Waals surface area contributed by atoms with Gasteiger partial charge in [0.05, 0.1) is 4.99 Å². The van der Waals surface area contributed by atoms with Crippen LogP contribution >= 0.6 is 12.2 Å². The van der Waals surface area contributed by atoms with Crippen molar-refractivity contribution in [2.24, 2.45) is 18.7 Å². The number of aryl methyl sites for hydroxylation is 1. The summed E-state index contributed by atoms with van der Waals surface area (Å²) >= 11 is 4.91. The first-order valence-electron chi connectivity index (χ1n) is 5.51. The summed E-state index contributed by atoms with van der Waals surface area (Å²) in [5, 5.41) is 0. The van der Waals surface area contributed by atoms with E-state index in [-0.39, 0.29) is 0 Å².